The van der Waals surface area contributed by atoms with Crippen LogP contribution in [0.3, 0.4) is 0 Å². The third-order valence-electron chi connectivity index (χ3n) is 7.93. The molecule has 0 bridgehead atoms. The van der Waals surface area contributed by atoms with Crippen LogP contribution in [0.4, 0.5) is 4.79 Å². The van der Waals surface area contributed by atoms with Gasteiger partial charge in [0.1, 0.15) is 29.3 Å². The smallest absolute Gasteiger partial charge is 0.408 e. The number of carbonyl (C=O) groups excluding carboxylic acids is 4. The fraction of sp³-hybridized carbons (Fsp3) is 0.590. The van der Waals surface area contributed by atoms with Gasteiger partial charge < -0.3 is 25.0 Å². The van der Waals surface area contributed by atoms with Crippen LogP contribution in [0.15, 0.2) is 48.5 Å². The molecule has 0 aliphatic rings. The Balaban J connectivity index is 2.68. The highest BCUT2D eigenvalue weighted by atomic mass is 16.6. The Kier molecular flexibility index (Phi) is 15.1. The van der Waals surface area contributed by atoms with Crippen LogP contribution in [0.25, 0.3) is 0 Å². The van der Waals surface area contributed by atoms with Gasteiger partial charge in [-0.05, 0) is 90.0 Å². The van der Waals surface area contributed by atoms with Crippen molar-refractivity contribution in [2.45, 2.75) is 138 Å². The fourth-order valence-electron chi connectivity index (χ4n) is 5.39. The van der Waals surface area contributed by atoms with Gasteiger partial charge in [-0.25, -0.2) is 9.59 Å². The number of hydrogen-bond acceptors (Lipinski definition) is 6. The van der Waals surface area contributed by atoms with Gasteiger partial charge in [-0.3, -0.25) is 9.59 Å². The summed E-state index contributed by atoms with van der Waals surface area (Å²) < 4.78 is 11.3. The molecule has 2 aromatic carbocycles. The minimum Gasteiger partial charge on any atom is -0.458 e. The lowest BCUT2D eigenvalue weighted by Crippen LogP contribution is -2.56. The predicted octanol–water partition coefficient (Wildman–Crippen LogP) is 7.37. The number of carbonyl (C=O) groups is 4. The van der Waals surface area contributed by atoms with E-state index in [2.05, 4.69) is 17.6 Å². The van der Waals surface area contributed by atoms with Gasteiger partial charge in [0.25, 0.3) is 0 Å². The second-order valence-corrected chi connectivity index (χ2v) is 14.9. The Hall–Kier alpha value is -3.88. The van der Waals surface area contributed by atoms with E-state index in [1.165, 1.54) is 0 Å². The number of rotatable bonds is 15. The lowest BCUT2D eigenvalue weighted by Gasteiger charge is -2.37. The van der Waals surface area contributed by atoms with E-state index in [-0.39, 0.29) is 18.9 Å². The summed E-state index contributed by atoms with van der Waals surface area (Å²) in [6.07, 6.45) is 3.00. The van der Waals surface area contributed by atoms with Crippen molar-refractivity contribution in [1.82, 2.24) is 15.5 Å². The molecule has 0 aliphatic carbocycles. The van der Waals surface area contributed by atoms with Crippen molar-refractivity contribution >= 4 is 23.9 Å². The van der Waals surface area contributed by atoms with Crippen LogP contribution in [0.5, 0.6) is 0 Å². The minimum absolute atomic E-state index is 0.209. The number of ether oxygens (including phenoxy) is 2. The maximum Gasteiger partial charge on any atom is 0.408 e. The van der Waals surface area contributed by atoms with Gasteiger partial charge in [-0.15, -0.1) is 0 Å². The molecule has 266 valence electrons. The summed E-state index contributed by atoms with van der Waals surface area (Å²) in [4.78, 5) is 57.4. The third kappa shape index (κ3) is 13.0. The molecule has 0 saturated carbocycles. The zero-order chi connectivity index (χ0) is 36.2. The molecule has 9 nitrogen and oxygen atoms in total. The van der Waals surface area contributed by atoms with Crippen LogP contribution in [0.2, 0.25) is 0 Å². The molecular weight excluding hydrogens is 606 g/mol. The van der Waals surface area contributed by atoms with E-state index in [9.17, 15) is 19.2 Å². The number of alkyl carbamates (subject to hydrolysis) is 1. The molecule has 2 rings (SSSR count). The highest BCUT2D eigenvalue weighted by molar-refractivity contribution is 5.94. The Bertz CT molecular complexity index is 1360. The first-order valence-corrected chi connectivity index (χ1v) is 17.3. The summed E-state index contributed by atoms with van der Waals surface area (Å²) in [6.45, 7) is 20.6. The standard InChI is InChI=1S/C39H59N3O6/c1-12-13-14-18-24-42(35(44)32(26(2)3)41-37(46)48-39(9,10)11)33(30-23-19-20-27(4)28(30)5)34(43)40-31(36(45)47-38(6,7)8)25-29-21-16-15-17-22-29/h15-17,19-23,26,31-33H,12-14,18,24-25H2,1-11H3,(H,40,43)(H,41,46). The largest absolute Gasteiger partial charge is 0.458 e. The highest BCUT2D eigenvalue weighted by Gasteiger charge is 2.39. The number of nitrogens with zero attached hydrogens (tertiary/aromatic N) is 1. The second kappa shape index (κ2) is 18.0. The van der Waals surface area contributed by atoms with Crippen molar-refractivity contribution < 1.29 is 28.7 Å². The Morgan fingerprint density at radius 3 is 1.98 bits per heavy atom. The van der Waals surface area contributed by atoms with Crippen LogP contribution in [-0.2, 0) is 30.3 Å². The Morgan fingerprint density at radius 2 is 1.42 bits per heavy atom. The molecule has 3 amide bonds. The third-order valence-corrected chi connectivity index (χ3v) is 7.93. The van der Waals surface area contributed by atoms with Crippen molar-refractivity contribution in [2.75, 3.05) is 6.54 Å². The molecule has 0 radical (unpaired) electrons. The number of unbranched alkanes of at least 4 members (excludes halogenated alkanes) is 3. The Morgan fingerprint density at radius 1 is 0.792 bits per heavy atom. The van der Waals surface area contributed by atoms with Gasteiger partial charge >= 0.3 is 12.1 Å². The van der Waals surface area contributed by atoms with E-state index >= 15 is 0 Å². The summed E-state index contributed by atoms with van der Waals surface area (Å²) in [5.41, 5.74) is 1.80. The van der Waals surface area contributed by atoms with E-state index in [0.717, 1.165) is 36.0 Å². The molecule has 0 fully saturated rings. The average molecular weight is 666 g/mol. The summed E-state index contributed by atoms with van der Waals surface area (Å²) in [6, 6.07) is 12.1. The molecule has 2 N–H and O–H groups in total. The first-order valence-electron chi connectivity index (χ1n) is 17.3. The molecule has 3 unspecified atom stereocenters. The normalized spacial score (nSPS) is 13.7. The minimum atomic E-state index is -1.08. The van der Waals surface area contributed by atoms with E-state index < -0.39 is 53.2 Å². The lowest BCUT2D eigenvalue weighted by molar-refractivity contribution is -0.159. The number of aryl methyl sites for hydroxylation is 1. The first-order chi connectivity index (χ1) is 22.3. The van der Waals surface area contributed by atoms with Crippen LogP contribution in [0, 0.1) is 19.8 Å². The van der Waals surface area contributed by atoms with Gasteiger partial charge in [0.2, 0.25) is 11.8 Å². The molecular formula is C39H59N3O6. The molecule has 0 aromatic heterocycles. The van der Waals surface area contributed by atoms with Gasteiger partial charge in [0.05, 0.1) is 0 Å². The molecule has 0 aliphatic heterocycles. The van der Waals surface area contributed by atoms with Crippen LogP contribution in [-0.4, -0.2) is 58.6 Å². The summed E-state index contributed by atoms with van der Waals surface area (Å²) >= 11 is 0. The highest BCUT2D eigenvalue weighted by Crippen LogP contribution is 2.29. The molecule has 0 spiro atoms. The molecule has 2 aromatic rings. The zero-order valence-electron chi connectivity index (χ0n) is 31.1. The molecule has 0 saturated heterocycles. The quantitative estimate of drug-likeness (QED) is 0.152. The van der Waals surface area contributed by atoms with E-state index in [4.69, 9.17) is 9.47 Å². The fourth-order valence-corrected chi connectivity index (χ4v) is 5.39. The number of hydrogen-bond donors (Lipinski definition) is 2. The summed E-state index contributed by atoms with van der Waals surface area (Å²) in [5.74, 6) is -1.77. The van der Waals surface area contributed by atoms with Crippen LogP contribution < -0.4 is 10.6 Å². The predicted molar refractivity (Wildman–Crippen MR) is 190 cm³/mol. The van der Waals surface area contributed by atoms with Gasteiger partial charge in [-0.2, -0.15) is 0 Å². The van der Waals surface area contributed by atoms with Crippen molar-refractivity contribution in [3.8, 4) is 0 Å². The number of esters is 1. The SMILES string of the molecule is CCCCCCN(C(=O)C(NC(=O)OC(C)(C)C)C(C)C)C(C(=O)NC(Cc1ccccc1)C(=O)OC(C)(C)C)c1cccc(C)c1C. The molecule has 3 atom stereocenters. The Labute approximate surface area is 288 Å². The number of benzene rings is 2. The maximum absolute atomic E-state index is 14.7. The monoisotopic (exact) mass is 665 g/mol. The molecule has 48 heavy (non-hydrogen) atoms. The van der Waals surface area contributed by atoms with Gasteiger partial charge in [-0.1, -0.05) is 88.6 Å². The second-order valence-electron chi connectivity index (χ2n) is 14.9. The summed E-state index contributed by atoms with van der Waals surface area (Å²) in [5, 5.41) is 5.78. The van der Waals surface area contributed by atoms with Crippen molar-refractivity contribution in [2.24, 2.45) is 5.92 Å². The number of nitrogens with one attached hydrogen (secondary N) is 2. The topological polar surface area (TPSA) is 114 Å². The lowest BCUT2D eigenvalue weighted by atomic mass is 9.93. The van der Waals surface area contributed by atoms with E-state index in [0.29, 0.717) is 12.0 Å². The van der Waals surface area contributed by atoms with Gasteiger partial charge in [0.15, 0.2) is 0 Å². The number of amides is 3. The van der Waals surface area contributed by atoms with Crippen LogP contribution in [0.1, 0.15) is 116 Å². The summed E-state index contributed by atoms with van der Waals surface area (Å²) in [7, 11) is 0. The van der Waals surface area contributed by atoms with Crippen molar-refractivity contribution in [1.29, 1.82) is 0 Å². The average Bonchev–Trinajstić information content (AvgIpc) is 2.97. The van der Waals surface area contributed by atoms with Crippen molar-refractivity contribution in [3.63, 3.8) is 0 Å². The van der Waals surface area contributed by atoms with Crippen molar-refractivity contribution in [3.05, 3.63) is 70.8 Å². The first kappa shape index (κ1) is 40.3. The van der Waals surface area contributed by atoms with E-state index in [1.54, 1.807) is 46.4 Å². The van der Waals surface area contributed by atoms with E-state index in [1.807, 2.05) is 76.2 Å². The maximum atomic E-state index is 14.7. The zero-order valence-corrected chi connectivity index (χ0v) is 31.1. The van der Waals surface area contributed by atoms with Crippen LogP contribution >= 0.6 is 0 Å². The molecule has 0 heterocycles. The molecule has 9 heteroatoms. The van der Waals surface area contributed by atoms with Gasteiger partial charge in [0, 0.05) is 13.0 Å².